The molecular formula is C12H19N3O5. The van der Waals surface area contributed by atoms with Crippen molar-refractivity contribution >= 4 is 23.8 Å². The third kappa shape index (κ3) is 4.52. The Morgan fingerprint density at radius 3 is 2.65 bits per heavy atom. The van der Waals surface area contributed by atoms with Gasteiger partial charge >= 0.3 is 12.0 Å². The minimum absolute atomic E-state index is 0.0113. The highest BCUT2D eigenvalue weighted by molar-refractivity contribution is 6.01. The molecule has 0 aromatic carbocycles. The van der Waals surface area contributed by atoms with Crippen LogP contribution in [0, 0.1) is 0 Å². The van der Waals surface area contributed by atoms with Crippen molar-refractivity contribution in [3.05, 3.63) is 0 Å². The van der Waals surface area contributed by atoms with Crippen LogP contribution in [-0.4, -0.2) is 53.0 Å². The van der Waals surface area contributed by atoms with Crippen molar-refractivity contribution < 1.29 is 24.3 Å². The van der Waals surface area contributed by atoms with Gasteiger partial charge in [0.1, 0.15) is 6.04 Å². The van der Waals surface area contributed by atoms with Crippen LogP contribution in [0.2, 0.25) is 0 Å². The summed E-state index contributed by atoms with van der Waals surface area (Å²) < 4.78 is 0. The lowest BCUT2D eigenvalue weighted by Gasteiger charge is -2.15. The number of carbonyl (C=O) groups excluding carboxylic acids is 3. The molecule has 0 saturated carbocycles. The number of carboxylic acids is 1. The Bertz CT molecular complexity index is 394. The van der Waals surface area contributed by atoms with Crippen LogP contribution in [-0.2, 0) is 14.4 Å². The lowest BCUT2D eigenvalue weighted by molar-refractivity contribution is -0.142. The summed E-state index contributed by atoms with van der Waals surface area (Å²) >= 11 is 0. The van der Waals surface area contributed by atoms with Crippen molar-refractivity contribution in [2.24, 2.45) is 0 Å². The molecule has 112 valence electrons. The SMILES string of the molecule is CCCC(NC(=O)CCCN1C(=O)CNC1=O)C(=O)O. The van der Waals surface area contributed by atoms with Crippen LogP contribution >= 0.6 is 0 Å². The molecule has 1 unspecified atom stereocenters. The molecule has 0 aromatic rings. The number of carbonyl (C=O) groups is 4. The molecule has 8 heteroatoms. The number of urea groups is 1. The van der Waals surface area contributed by atoms with Gasteiger partial charge in [0.2, 0.25) is 11.8 Å². The first-order valence-electron chi connectivity index (χ1n) is 6.56. The maximum absolute atomic E-state index is 11.6. The normalized spacial score (nSPS) is 15.9. The van der Waals surface area contributed by atoms with Crippen molar-refractivity contribution in [2.45, 2.75) is 38.6 Å². The molecule has 0 spiro atoms. The maximum Gasteiger partial charge on any atom is 0.326 e. The second-order valence-electron chi connectivity index (χ2n) is 4.55. The van der Waals surface area contributed by atoms with Gasteiger partial charge in [-0.3, -0.25) is 14.5 Å². The highest BCUT2D eigenvalue weighted by atomic mass is 16.4. The van der Waals surface area contributed by atoms with E-state index in [0.717, 1.165) is 4.90 Å². The zero-order chi connectivity index (χ0) is 15.1. The summed E-state index contributed by atoms with van der Waals surface area (Å²) in [5.74, 6) is -1.77. The van der Waals surface area contributed by atoms with Crippen molar-refractivity contribution in [3.8, 4) is 0 Å². The fraction of sp³-hybridized carbons (Fsp3) is 0.667. The average Bonchev–Trinajstić information content (AvgIpc) is 2.69. The molecule has 0 bridgehead atoms. The molecule has 20 heavy (non-hydrogen) atoms. The number of imide groups is 1. The molecule has 8 nitrogen and oxygen atoms in total. The van der Waals surface area contributed by atoms with Gasteiger partial charge in [0.25, 0.3) is 0 Å². The quantitative estimate of drug-likeness (QED) is 0.529. The zero-order valence-electron chi connectivity index (χ0n) is 11.3. The lowest BCUT2D eigenvalue weighted by atomic mass is 10.1. The minimum Gasteiger partial charge on any atom is -0.480 e. The smallest absolute Gasteiger partial charge is 0.326 e. The van der Waals surface area contributed by atoms with E-state index in [1.807, 2.05) is 6.92 Å². The molecule has 0 radical (unpaired) electrons. The van der Waals surface area contributed by atoms with Crippen LogP contribution in [0.1, 0.15) is 32.6 Å². The van der Waals surface area contributed by atoms with Crippen LogP contribution in [0.4, 0.5) is 4.79 Å². The molecule has 1 heterocycles. The summed E-state index contributed by atoms with van der Waals surface area (Å²) in [5.41, 5.74) is 0. The first-order chi connectivity index (χ1) is 9.45. The number of carboxylic acid groups (broad SMARTS) is 1. The van der Waals surface area contributed by atoms with Crippen molar-refractivity contribution in [2.75, 3.05) is 13.1 Å². The van der Waals surface area contributed by atoms with E-state index >= 15 is 0 Å². The van der Waals surface area contributed by atoms with E-state index < -0.39 is 23.9 Å². The molecule has 1 aliphatic rings. The summed E-state index contributed by atoms with van der Waals surface area (Å²) in [4.78, 5) is 46.0. The number of hydrogen-bond acceptors (Lipinski definition) is 4. The highest BCUT2D eigenvalue weighted by Crippen LogP contribution is 2.03. The predicted octanol–water partition coefficient (Wildman–Crippen LogP) is -0.312. The summed E-state index contributed by atoms with van der Waals surface area (Å²) in [7, 11) is 0. The lowest BCUT2D eigenvalue weighted by Crippen LogP contribution is -2.41. The standard InChI is InChI=1S/C12H19N3O5/c1-2-4-8(11(18)19)14-9(16)5-3-6-15-10(17)7-13-12(15)20/h8H,2-7H2,1H3,(H,13,20)(H,14,16)(H,18,19). The fourth-order valence-corrected chi connectivity index (χ4v) is 1.89. The molecule has 0 aliphatic carbocycles. The predicted molar refractivity (Wildman–Crippen MR) is 68.8 cm³/mol. The van der Waals surface area contributed by atoms with Crippen LogP contribution in [0.5, 0.6) is 0 Å². The Labute approximate surface area is 116 Å². The van der Waals surface area contributed by atoms with Gasteiger partial charge in [-0.15, -0.1) is 0 Å². The molecule has 0 aromatic heterocycles. The van der Waals surface area contributed by atoms with Crippen LogP contribution < -0.4 is 10.6 Å². The van der Waals surface area contributed by atoms with Gasteiger partial charge in [-0.2, -0.15) is 0 Å². The average molecular weight is 285 g/mol. The van der Waals surface area contributed by atoms with E-state index in [1.54, 1.807) is 0 Å². The van der Waals surface area contributed by atoms with E-state index in [9.17, 15) is 19.2 Å². The number of nitrogens with zero attached hydrogens (tertiary/aromatic N) is 1. The van der Waals surface area contributed by atoms with E-state index in [-0.39, 0.29) is 25.4 Å². The largest absolute Gasteiger partial charge is 0.480 e. The van der Waals surface area contributed by atoms with Crippen molar-refractivity contribution in [3.63, 3.8) is 0 Å². The van der Waals surface area contributed by atoms with Gasteiger partial charge in [-0.1, -0.05) is 13.3 Å². The zero-order valence-corrected chi connectivity index (χ0v) is 11.3. The van der Waals surface area contributed by atoms with Gasteiger partial charge < -0.3 is 15.7 Å². The first kappa shape index (κ1) is 15.9. The topological polar surface area (TPSA) is 116 Å². The van der Waals surface area contributed by atoms with E-state index in [1.165, 1.54) is 0 Å². The van der Waals surface area contributed by atoms with Gasteiger partial charge in [-0.25, -0.2) is 9.59 Å². The highest BCUT2D eigenvalue weighted by Gasteiger charge is 2.28. The van der Waals surface area contributed by atoms with E-state index in [4.69, 9.17) is 5.11 Å². The second-order valence-corrected chi connectivity index (χ2v) is 4.55. The van der Waals surface area contributed by atoms with E-state index in [2.05, 4.69) is 10.6 Å². The molecule has 3 N–H and O–H groups in total. The summed E-state index contributed by atoms with van der Waals surface area (Å²) in [6.45, 7) is 1.98. The Morgan fingerprint density at radius 2 is 2.15 bits per heavy atom. The molecule has 1 saturated heterocycles. The first-order valence-corrected chi connectivity index (χ1v) is 6.56. The number of nitrogens with one attached hydrogen (secondary N) is 2. The van der Waals surface area contributed by atoms with Crippen molar-refractivity contribution in [1.29, 1.82) is 0 Å². The van der Waals surface area contributed by atoms with Gasteiger partial charge in [0, 0.05) is 13.0 Å². The van der Waals surface area contributed by atoms with Crippen LogP contribution in [0.25, 0.3) is 0 Å². The number of amides is 4. The van der Waals surface area contributed by atoms with Gasteiger partial charge in [-0.05, 0) is 12.8 Å². The van der Waals surface area contributed by atoms with Crippen LogP contribution in [0.3, 0.4) is 0 Å². The number of rotatable bonds is 8. The minimum atomic E-state index is -1.06. The Hall–Kier alpha value is -2.12. The molecule has 4 amide bonds. The Kier molecular flexibility index (Phi) is 5.95. The maximum atomic E-state index is 11.6. The molecule has 1 fully saturated rings. The third-order valence-corrected chi connectivity index (χ3v) is 2.93. The summed E-state index contributed by atoms with van der Waals surface area (Å²) in [6.07, 6.45) is 1.40. The monoisotopic (exact) mass is 285 g/mol. The number of aliphatic carboxylic acids is 1. The molecule has 1 aliphatic heterocycles. The van der Waals surface area contributed by atoms with Gasteiger partial charge in [0.15, 0.2) is 0 Å². The molecule has 1 atom stereocenters. The third-order valence-electron chi connectivity index (χ3n) is 2.93. The summed E-state index contributed by atoms with van der Waals surface area (Å²) in [5, 5.41) is 13.7. The van der Waals surface area contributed by atoms with Gasteiger partial charge in [0.05, 0.1) is 6.54 Å². The summed E-state index contributed by atoms with van der Waals surface area (Å²) in [6, 6.07) is -1.34. The van der Waals surface area contributed by atoms with E-state index in [0.29, 0.717) is 19.3 Å². The Balaban J connectivity index is 2.30. The molecule has 1 rings (SSSR count). The fourth-order valence-electron chi connectivity index (χ4n) is 1.89. The number of hydrogen-bond donors (Lipinski definition) is 3. The Morgan fingerprint density at radius 1 is 1.45 bits per heavy atom. The second kappa shape index (κ2) is 7.46. The van der Waals surface area contributed by atoms with Crippen LogP contribution in [0.15, 0.2) is 0 Å². The van der Waals surface area contributed by atoms with Crippen molar-refractivity contribution in [1.82, 2.24) is 15.5 Å². The molecular weight excluding hydrogens is 266 g/mol.